The average Bonchev–Trinajstić information content (AvgIpc) is 2.91. The average molecular weight is 436 g/mol. The molecule has 7 heteroatoms. The van der Waals surface area contributed by atoms with Gasteiger partial charge in [-0.2, -0.15) is 5.10 Å². The highest BCUT2D eigenvalue weighted by Gasteiger charge is 2.09. The Kier molecular flexibility index (Phi) is 5.73. The molecule has 0 atom stereocenters. The van der Waals surface area contributed by atoms with Crippen LogP contribution in [0, 0.1) is 6.92 Å². The van der Waals surface area contributed by atoms with Gasteiger partial charge >= 0.3 is 0 Å². The Balaban J connectivity index is 1.64. The Morgan fingerprint density at radius 3 is 2.48 bits per heavy atom. The van der Waals surface area contributed by atoms with Crippen LogP contribution in [0.1, 0.15) is 11.1 Å². The van der Waals surface area contributed by atoms with Crippen LogP contribution in [0.25, 0.3) is 0 Å². The molecule has 3 aromatic rings. The smallest absolute Gasteiger partial charge is 0.176 e. The van der Waals surface area contributed by atoms with Crippen LogP contribution in [0.4, 0.5) is 11.5 Å². The van der Waals surface area contributed by atoms with Gasteiger partial charge in [0.25, 0.3) is 0 Å². The van der Waals surface area contributed by atoms with Crippen molar-refractivity contribution in [2.75, 3.05) is 10.6 Å². The summed E-state index contributed by atoms with van der Waals surface area (Å²) in [5.74, 6) is 0.665. The summed E-state index contributed by atoms with van der Waals surface area (Å²) in [5.41, 5.74) is 3.25. The second kappa shape index (κ2) is 7.99. The van der Waals surface area contributed by atoms with Gasteiger partial charge in [-0.3, -0.25) is 4.68 Å². The number of thiocarbonyl (C=S) groups is 1. The molecule has 2 N–H and O–H groups in total. The van der Waals surface area contributed by atoms with Crippen LogP contribution >= 0.6 is 39.7 Å². The van der Waals surface area contributed by atoms with E-state index in [1.54, 1.807) is 0 Å². The quantitative estimate of drug-likeness (QED) is 0.534. The molecule has 3 rings (SSSR count). The molecule has 0 aliphatic rings. The first kappa shape index (κ1) is 17.9. The molecule has 2 aromatic carbocycles. The first-order valence-corrected chi connectivity index (χ1v) is 9.19. The highest BCUT2D eigenvalue weighted by Crippen LogP contribution is 2.21. The second-order valence-corrected chi connectivity index (χ2v) is 7.29. The van der Waals surface area contributed by atoms with Crippen LogP contribution in [-0.2, 0) is 6.54 Å². The molecule has 0 radical (unpaired) electrons. The lowest BCUT2D eigenvalue weighted by Gasteiger charge is -2.09. The first-order chi connectivity index (χ1) is 12.0. The van der Waals surface area contributed by atoms with E-state index in [-0.39, 0.29) is 0 Å². The van der Waals surface area contributed by atoms with Gasteiger partial charge in [-0.05, 0) is 64.9 Å². The van der Waals surface area contributed by atoms with E-state index in [0.717, 1.165) is 20.7 Å². The molecule has 0 unspecified atom stereocenters. The predicted molar refractivity (Wildman–Crippen MR) is 112 cm³/mol. The molecule has 1 heterocycles. The van der Waals surface area contributed by atoms with E-state index in [0.29, 0.717) is 17.5 Å². The number of hydrogen-bond donors (Lipinski definition) is 2. The van der Waals surface area contributed by atoms with Crippen LogP contribution in [0.15, 0.2) is 59.2 Å². The summed E-state index contributed by atoms with van der Waals surface area (Å²) in [5, 5.41) is 12.0. The Bertz CT molecular complexity index is 875. The van der Waals surface area contributed by atoms with Crippen LogP contribution < -0.4 is 10.6 Å². The molecule has 0 aliphatic carbocycles. The van der Waals surface area contributed by atoms with E-state index in [1.165, 1.54) is 5.56 Å². The van der Waals surface area contributed by atoms with Crippen molar-refractivity contribution >= 4 is 56.4 Å². The van der Waals surface area contributed by atoms with Gasteiger partial charge < -0.3 is 10.6 Å². The molecular formula is C18H16BrClN4S. The first-order valence-electron chi connectivity index (χ1n) is 7.62. The van der Waals surface area contributed by atoms with E-state index in [9.17, 15) is 0 Å². The molecule has 4 nitrogen and oxygen atoms in total. The molecule has 0 fully saturated rings. The van der Waals surface area contributed by atoms with Crippen LogP contribution in [0.2, 0.25) is 5.02 Å². The number of hydrogen-bond acceptors (Lipinski definition) is 2. The maximum Gasteiger partial charge on any atom is 0.176 e. The fourth-order valence-electron chi connectivity index (χ4n) is 2.25. The monoisotopic (exact) mass is 434 g/mol. The van der Waals surface area contributed by atoms with Crippen molar-refractivity contribution in [3.8, 4) is 0 Å². The van der Waals surface area contributed by atoms with Crippen molar-refractivity contribution in [1.29, 1.82) is 0 Å². The molecule has 128 valence electrons. The third kappa shape index (κ3) is 5.04. The Hall–Kier alpha value is -1.89. The molecule has 0 amide bonds. The highest BCUT2D eigenvalue weighted by atomic mass is 79.9. The molecular weight excluding hydrogens is 420 g/mol. The Morgan fingerprint density at radius 1 is 1.12 bits per heavy atom. The Labute approximate surface area is 165 Å². The van der Waals surface area contributed by atoms with Gasteiger partial charge in [0, 0.05) is 16.9 Å². The number of rotatable bonds is 4. The van der Waals surface area contributed by atoms with Crippen molar-refractivity contribution in [1.82, 2.24) is 9.78 Å². The lowest BCUT2D eigenvalue weighted by molar-refractivity contribution is 0.689. The zero-order valence-corrected chi connectivity index (χ0v) is 16.6. The van der Waals surface area contributed by atoms with Gasteiger partial charge in [0.2, 0.25) is 0 Å². The van der Waals surface area contributed by atoms with Crippen LogP contribution in [0.3, 0.4) is 0 Å². The summed E-state index contributed by atoms with van der Waals surface area (Å²) in [7, 11) is 0. The number of aromatic nitrogens is 2. The number of nitrogens with one attached hydrogen (secondary N) is 2. The number of halogens is 2. The summed E-state index contributed by atoms with van der Waals surface area (Å²) >= 11 is 14.8. The maximum atomic E-state index is 5.92. The summed E-state index contributed by atoms with van der Waals surface area (Å²) in [6.45, 7) is 2.69. The maximum absolute atomic E-state index is 5.92. The minimum atomic E-state index is 0.487. The summed E-state index contributed by atoms with van der Waals surface area (Å²) in [6.07, 6.45) is 1.91. The largest absolute Gasteiger partial charge is 0.332 e. The van der Waals surface area contributed by atoms with E-state index >= 15 is 0 Å². The SMILES string of the molecule is Cc1ccc(NC(=S)Nc2nn(Cc3ccc(Cl)cc3)cc2Br)cc1. The van der Waals surface area contributed by atoms with Crippen molar-refractivity contribution in [2.45, 2.75) is 13.5 Å². The Morgan fingerprint density at radius 2 is 1.80 bits per heavy atom. The van der Waals surface area contributed by atoms with Gasteiger partial charge in [0.1, 0.15) is 0 Å². The number of aryl methyl sites for hydroxylation is 1. The topological polar surface area (TPSA) is 41.9 Å². The van der Waals surface area contributed by atoms with Gasteiger partial charge in [-0.25, -0.2) is 0 Å². The fraction of sp³-hybridized carbons (Fsp3) is 0.111. The van der Waals surface area contributed by atoms with Gasteiger partial charge in [0.05, 0.1) is 11.0 Å². The molecule has 1 aromatic heterocycles. The van der Waals surface area contributed by atoms with Crippen LogP contribution in [-0.4, -0.2) is 14.9 Å². The fourth-order valence-corrected chi connectivity index (χ4v) is 3.00. The van der Waals surface area contributed by atoms with Crippen LogP contribution in [0.5, 0.6) is 0 Å². The van der Waals surface area contributed by atoms with E-state index in [4.69, 9.17) is 23.8 Å². The summed E-state index contributed by atoms with van der Waals surface area (Å²) in [4.78, 5) is 0. The molecule has 0 aliphatic heterocycles. The standard InChI is InChI=1S/C18H16BrClN4S/c1-12-2-8-15(9-3-12)21-18(25)22-17-16(19)11-24(23-17)10-13-4-6-14(20)7-5-13/h2-9,11H,10H2,1H3,(H2,21,22,23,25). The third-order valence-corrected chi connectivity index (χ3v) is 4.55. The van der Waals surface area contributed by atoms with E-state index < -0.39 is 0 Å². The third-order valence-electron chi connectivity index (χ3n) is 3.52. The number of anilines is 2. The molecule has 25 heavy (non-hydrogen) atoms. The number of benzene rings is 2. The van der Waals surface area contributed by atoms with Gasteiger partial charge in [-0.15, -0.1) is 0 Å². The molecule has 0 spiro atoms. The molecule has 0 saturated carbocycles. The molecule has 0 saturated heterocycles. The van der Waals surface area contributed by atoms with Crippen molar-refractivity contribution in [2.24, 2.45) is 0 Å². The van der Waals surface area contributed by atoms with E-state index in [2.05, 4.69) is 31.7 Å². The predicted octanol–water partition coefficient (Wildman–Crippen LogP) is 5.46. The minimum Gasteiger partial charge on any atom is -0.332 e. The number of nitrogens with zero attached hydrogens (tertiary/aromatic N) is 2. The zero-order valence-electron chi connectivity index (χ0n) is 13.5. The molecule has 0 bridgehead atoms. The van der Waals surface area contributed by atoms with Gasteiger partial charge in [-0.1, -0.05) is 41.4 Å². The summed E-state index contributed by atoms with van der Waals surface area (Å²) < 4.78 is 2.68. The zero-order chi connectivity index (χ0) is 17.8. The second-order valence-electron chi connectivity index (χ2n) is 5.59. The minimum absolute atomic E-state index is 0.487. The van der Waals surface area contributed by atoms with E-state index in [1.807, 2.05) is 66.3 Å². The lowest BCUT2D eigenvalue weighted by Crippen LogP contribution is -2.19. The van der Waals surface area contributed by atoms with Crippen molar-refractivity contribution in [3.63, 3.8) is 0 Å². The van der Waals surface area contributed by atoms with Crippen molar-refractivity contribution in [3.05, 3.63) is 75.4 Å². The summed E-state index contributed by atoms with van der Waals surface area (Å²) in [6, 6.07) is 15.7. The highest BCUT2D eigenvalue weighted by molar-refractivity contribution is 9.10. The lowest BCUT2D eigenvalue weighted by atomic mass is 10.2. The van der Waals surface area contributed by atoms with Gasteiger partial charge in [0.15, 0.2) is 10.9 Å². The van der Waals surface area contributed by atoms with Crippen molar-refractivity contribution < 1.29 is 0 Å². The normalized spacial score (nSPS) is 10.5.